The number of carbonyl (C=O) groups is 3. The Balaban J connectivity index is 2.12. The zero-order chi connectivity index (χ0) is 15.4. The van der Waals surface area contributed by atoms with Crippen molar-refractivity contribution in [2.45, 2.75) is 26.2 Å². The van der Waals surface area contributed by atoms with Crippen molar-refractivity contribution in [1.29, 1.82) is 0 Å². The number of benzene rings is 1. The highest BCUT2D eigenvalue weighted by molar-refractivity contribution is 6.15. The van der Waals surface area contributed by atoms with Crippen LogP contribution in [0.4, 0.5) is 5.69 Å². The first-order chi connectivity index (χ1) is 10.0. The van der Waals surface area contributed by atoms with Gasteiger partial charge in [0, 0.05) is 6.42 Å². The minimum Gasteiger partial charge on any atom is -0.478 e. The Morgan fingerprint density at radius 2 is 2.00 bits per heavy atom. The number of nitrogens with zero attached hydrogens (tertiary/aromatic N) is 2. The number of carboxylic acids is 1. The topological polar surface area (TPSA) is 99.1 Å². The molecule has 0 aromatic heterocycles. The second-order valence-corrected chi connectivity index (χ2v) is 4.58. The van der Waals surface area contributed by atoms with Gasteiger partial charge in [-0.15, -0.1) is 0 Å². The van der Waals surface area contributed by atoms with Crippen LogP contribution in [0.15, 0.2) is 29.4 Å². The van der Waals surface area contributed by atoms with Gasteiger partial charge in [0.25, 0.3) is 5.91 Å². The molecule has 0 saturated carbocycles. The lowest BCUT2D eigenvalue weighted by Gasteiger charge is -2.11. The molecule has 0 spiro atoms. The molecule has 1 aliphatic heterocycles. The molecule has 0 aliphatic carbocycles. The van der Waals surface area contributed by atoms with E-state index < -0.39 is 5.97 Å². The number of carboxylic acid groups (broad SMARTS) is 1. The Hall–Kier alpha value is -2.70. The van der Waals surface area contributed by atoms with Gasteiger partial charge in [0.15, 0.2) is 0 Å². The van der Waals surface area contributed by atoms with Crippen molar-refractivity contribution in [3.05, 3.63) is 29.8 Å². The van der Waals surface area contributed by atoms with E-state index in [2.05, 4.69) is 10.4 Å². The molecular weight excluding hydrogens is 274 g/mol. The highest BCUT2D eigenvalue weighted by Gasteiger charge is 2.26. The van der Waals surface area contributed by atoms with Gasteiger partial charge in [-0.2, -0.15) is 10.1 Å². The summed E-state index contributed by atoms with van der Waals surface area (Å²) in [5.41, 5.74) is 0.593. The Labute approximate surface area is 121 Å². The summed E-state index contributed by atoms with van der Waals surface area (Å²) in [5.74, 6) is -1.18. The van der Waals surface area contributed by atoms with Crippen LogP contribution in [-0.2, 0) is 9.59 Å². The van der Waals surface area contributed by atoms with E-state index in [-0.39, 0.29) is 23.8 Å². The van der Waals surface area contributed by atoms with Gasteiger partial charge in [-0.1, -0.05) is 6.92 Å². The molecule has 2 N–H and O–H groups in total. The van der Waals surface area contributed by atoms with E-state index in [0.29, 0.717) is 24.4 Å². The summed E-state index contributed by atoms with van der Waals surface area (Å²) < 4.78 is 0. The Morgan fingerprint density at radius 3 is 2.57 bits per heavy atom. The van der Waals surface area contributed by atoms with E-state index in [1.165, 1.54) is 24.3 Å². The maximum atomic E-state index is 11.9. The summed E-state index contributed by atoms with van der Waals surface area (Å²) in [6, 6.07) is 5.80. The minimum absolute atomic E-state index is 0.0239. The van der Waals surface area contributed by atoms with Gasteiger partial charge in [-0.3, -0.25) is 9.59 Å². The van der Waals surface area contributed by atoms with Crippen molar-refractivity contribution in [2.75, 3.05) is 5.01 Å². The normalized spacial score (nSPS) is 14.0. The third-order valence-electron chi connectivity index (χ3n) is 2.90. The summed E-state index contributed by atoms with van der Waals surface area (Å²) in [6.45, 7) is 1.89. The van der Waals surface area contributed by atoms with E-state index in [1.807, 2.05) is 6.92 Å². The fraction of sp³-hybridized carbons (Fsp3) is 0.286. The van der Waals surface area contributed by atoms with Crippen molar-refractivity contribution in [1.82, 2.24) is 5.32 Å². The smallest absolute Gasteiger partial charge is 0.335 e. The largest absolute Gasteiger partial charge is 0.478 e. The highest BCUT2D eigenvalue weighted by atomic mass is 16.4. The minimum atomic E-state index is -1.04. The molecular formula is C14H15N3O4. The van der Waals surface area contributed by atoms with Crippen LogP contribution in [0.5, 0.6) is 0 Å². The highest BCUT2D eigenvalue weighted by Crippen LogP contribution is 2.20. The van der Waals surface area contributed by atoms with Crippen LogP contribution in [-0.4, -0.2) is 28.7 Å². The third kappa shape index (κ3) is 3.44. The Morgan fingerprint density at radius 1 is 1.33 bits per heavy atom. The Kier molecular flexibility index (Phi) is 4.32. The summed E-state index contributed by atoms with van der Waals surface area (Å²) in [6.07, 6.45) is 1.12. The third-order valence-corrected chi connectivity index (χ3v) is 2.90. The first-order valence-electron chi connectivity index (χ1n) is 6.55. The quantitative estimate of drug-likeness (QED) is 0.874. The fourth-order valence-electron chi connectivity index (χ4n) is 1.90. The number of rotatable bonds is 4. The lowest BCUT2D eigenvalue weighted by Crippen LogP contribution is -2.29. The summed E-state index contributed by atoms with van der Waals surface area (Å²) in [7, 11) is 0. The zero-order valence-electron chi connectivity index (χ0n) is 11.5. The van der Waals surface area contributed by atoms with Gasteiger partial charge in [-0.25, -0.2) is 4.79 Å². The molecule has 2 rings (SSSR count). The molecule has 1 aliphatic rings. The molecule has 7 heteroatoms. The van der Waals surface area contributed by atoms with Crippen molar-refractivity contribution >= 4 is 29.3 Å². The molecule has 7 nitrogen and oxygen atoms in total. The van der Waals surface area contributed by atoms with Gasteiger partial charge >= 0.3 is 5.97 Å². The molecule has 0 radical (unpaired) electrons. The monoisotopic (exact) mass is 289 g/mol. The molecule has 0 atom stereocenters. The van der Waals surface area contributed by atoms with Crippen LogP contribution in [0.1, 0.15) is 36.5 Å². The first kappa shape index (κ1) is 14.7. The molecule has 1 aromatic carbocycles. The average Bonchev–Trinajstić information content (AvgIpc) is 2.79. The van der Waals surface area contributed by atoms with Gasteiger partial charge in [0.2, 0.25) is 5.91 Å². The van der Waals surface area contributed by atoms with Gasteiger partial charge < -0.3 is 10.4 Å². The lowest BCUT2D eigenvalue weighted by molar-refractivity contribution is -0.119. The van der Waals surface area contributed by atoms with E-state index in [4.69, 9.17) is 5.11 Å². The molecule has 110 valence electrons. The van der Waals surface area contributed by atoms with Crippen LogP contribution < -0.4 is 10.3 Å². The van der Waals surface area contributed by atoms with E-state index in [9.17, 15) is 14.4 Å². The number of nitrogens with one attached hydrogen (secondary N) is 1. The summed E-state index contributed by atoms with van der Waals surface area (Å²) in [5, 5.41) is 16.6. The van der Waals surface area contributed by atoms with Gasteiger partial charge in [0.1, 0.15) is 5.84 Å². The van der Waals surface area contributed by atoms with Crippen LogP contribution in [0.25, 0.3) is 0 Å². The second kappa shape index (κ2) is 6.17. The molecule has 0 fully saturated rings. The van der Waals surface area contributed by atoms with Gasteiger partial charge in [-0.05, 0) is 30.7 Å². The first-order valence-corrected chi connectivity index (χ1v) is 6.55. The molecule has 21 heavy (non-hydrogen) atoms. The number of amides is 2. The predicted molar refractivity (Wildman–Crippen MR) is 76.0 cm³/mol. The summed E-state index contributed by atoms with van der Waals surface area (Å²) in [4.78, 5) is 34.1. The van der Waals surface area contributed by atoms with Crippen LogP contribution in [0.2, 0.25) is 0 Å². The number of hydrogen-bond donors (Lipinski definition) is 2. The molecule has 2 amide bonds. The van der Waals surface area contributed by atoms with Crippen molar-refractivity contribution in [3.8, 4) is 0 Å². The molecule has 0 bridgehead atoms. The number of carbonyl (C=O) groups excluding carboxylic acids is 2. The number of hydrogen-bond acceptors (Lipinski definition) is 4. The van der Waals surface area contributed by atoms with E-state index in [0.717, 1.165) is 5.01 Å². The number of aromatic carboxylic acids is 1. The average molecular weight is 289 g/mol. The van der Waals surface area contributed by atoms with Crippen LogP contribution in [0.3, 0.4) is 0 Å². The summed E-state index contributed by atoms with van der Waals surface area (Å²) >= 11 is 0. The van der Waals surface area contributed by atoms with Crippen molar-refractivity contribution < 1.29 is 19.5 Å². The van der Waals surface area contributed by atoms with Crippen molar-refractivity contribution in [2.24, 2.45) is 5.10 Å². The second-order valence-electron chi connectivity index (χ2n) is 4.58. The molecule has 1 aromatic rings. The SMILES string of the molecule is CCCC(=O)NC1=NN(c2ccc(C(=O)O)cc2)C(=O)C1. The van der Waals surface area contributed by atoms with Crippen molar-refractivity contribution in [3.63, 3.8) is 0 Å². The Bertz CT molecular complexity index is 607. The fourth-order valence-corrected chi connectivity index (χ4v) is 1.90. The van der Waals surface area contributed by atoms with E-state index >= 15 is 0 Å². The van der Waals surface area contributed by atoms with E-state index in [1.54, 1.807) is 0 Å². The molecule has 0 saturated heterocycles. The maximum absolute atomic E-state index is 11.9. The molecule has 1 heterocycles. The van der Waals surface area contributed by atoms with Crippen LogP contribution in [0, 0.1) is 0 Å². The zero-order valence-corrected chi connectivity index (χ0v) is 11.5. The maximum Gasteiger partial charge on any atom is 0.335 e. The van der Waals surface area contributed by atoms with Crippen LogP contribution >= 0.6 is 0 Å². The number of anilines is 1. The number of amidine groups is 1. The molecule has 0 unspecified atom stereocenters. The lowest BCUT2D eigenvalue weighted by atomic mass is 10.2. The number of hydrazone groups is 1. The van der Waals surface area contributed by atoms with Gasteiger partial charge in [0.05, 0.1) is 17.7 Å². The predicted octanol–water partition coefficient (Wildman–Crippen LogP) is 1.35. The standard InChI is InChI=1S/C14H15N3O4/c1-2-3-12(18)15-11-8-13(19)17(16-11)10-6-4-9(5-7-10)14(20)21/h4-7H,2-3,8H2,1H3,(H,20,21)(H,15,16,18).